The molecule has 1 saturated carbocycles. The van der Waals surface area contributed by atoms with Crippen molar-refractivity contribution in [2.75, 3.05) is 0 Å². The Morgan fingerprint density at radius 3 is 2.35 bits per heavy atom. The van der Waals surface area contributed by atoms with Gasteiger partial charge in [0.25, 0.3) is 0 Å². The molecule has 0 unspecified atom stereocenters. The molecule has 0 saturated heterocycles. The first-order valence-corrected chi connectivity index (χ1v) is 5.65. The maximum absolute atomic E-state index is 11.2. The molecule has 2 rings (SSSR count). The van der Waals surface area contributed by atoms with Crippen LogP contribution in [-0.2, 0) is 4.79 Å². The normalized spacial score (nSPS) is 15.3. The first-order valence-electron chi connectivity index (χ1n) is 5.65. The molecule has 4 nitrogen and oxygen atoms in total. The Morgan fingerprint density at radius 2 is 1.76 bits per heavy atom. The third-order valence-corrected chi connectivity index (χ3v) is 2.94. The zero-order chi connectivity index (χ0) is 12.1. The summed E-state index contributed by atoms with van der Waals surface area (Å²) < 4.78 is 0. The molecule has 1 aromatic rings. The lowest BCUT2D eigenvalue weighted by Crippen LogP contribution is -2.07. The smallest absolute Gasteiger partial charge is 0.133 e. The highest BCUT2D eigenvalue weighted by Gasteiger charge is 2.16. The monoisotopic (exact) mass is 227 g/mol. The van der Waals surface area contributed by atoms with E-state index in [1.165, 1.54) is 0 Å². The molecule has 0 radical (unpaired) electrons. The van der Waals surface area contributed by atoms with Crippen molar-refractivity contribution < 1.29 is 4.79 Å². The maximum atomic E-state index is 11.2. The first kappa shape index (κ1) is 11.4. The van der Waals surface area contributed by atoms with Gasteiger partial charge >= 0.3 is 0 Å². The van der Waals surface area contributed by atoms with Crippen molar-refractivity contribution in [2.24, 2.45) is 5.11 Å². The molecule has 1 aliphatic rings. The number of hydrogen-bond donors (Lipinski definition) is 0. The summed E-state index contributed by atoms with van der Waals surface area (Å²) in [4.78, 5) is 14.1. The van der Waals surface area contributed by atoms with Crippen LogP contribution in [0.4, 0.5) is 0 Å². The molecule has 0 aromatic heterocycles. The third-order valence-electron chi connectivity index (χ3n) is 2.94. The highest BCUT2D eigenvalue weighted by Crippen LogP contribution is 2.30. The molecule has 0 atom stereocenters. The third kappa shape index (κ3) is 2.74. The second-order valence-electron chi connectivity index (χ2n) is 4.05. The van der Waals surface area contributed by atoms with Gasteiger partial charge in [0.1, 0.15) is 5.78 Å². The summed E-state index contributed by atoms with van der Waals surface area (Å²) in [5, 5.41) is 3.79. The largest absolute Gasteiger partial charge is 0.300 e. The van der Waals surface area contributed by atoms with Crippen LogP contribution >= 0.6 is 0 Å². The van der Waals surface area contributed by atoms with E-state index < -0.39 is 0 Å². The van der Waals surface area contributed by atoms with Crippen LogP contribution in [0.25, 0.3) is 16.1 Å². The lowest BCUT2D eigenvalue weighted by molar-refractivity contribution is -0.119. The number of nitrogens with zero attached hydrogens (tertiary/aromatic N) is 3. The van der Waals surface area contributed by atoms with Crippen LogP contribution in [0.3, 0.4) is 0 Å². The molecule has 1 aromatic carbocycles. The minimum absolute atomic E-state index is 0.294. The van der Waals surface area contributed by atoms with Crippen molar-refractivity contribution in [3.05, 3.63) is 51.9 Å². The maximum Gasteiger partial charge on any atom is 0.133 e. The molecule has 1 aliphatic carbocycles. The van der Waals surface area contributed by atoms with Crippen molar-refractivity contribution in [2.45, 2.75) is 25.7 Å². The Hall–Kier alpha value is -2.06. The van der Waals surface area contributed by atoms with Gasteiger partial charge in [0.2, 0.25) is 0 Å². The predicted octanol–water partition coefficient (Wildman–Crippen LogP) is 3.85. The van der Waals surface area contributed by atoms with Crippen LogP contribution in [0.5, 0.6) is 0 Å². The molecule has 86 valence electrons. The van der Waals surface area contributed by atoms with E-state index in [2.05, 4.69) is 10.0 Å². The molecule has 17 heavy (non-hydrogen) atoms. The summed E-state index contributed by atoms with van der Waals surface area (Å²) in [5.41, 5.74) is 11.3. The van der Waals surface area contributed by atoms with Crippen LogP contribution < -0.4 is 0 Å². The summed E-state index contributed by atoms with van der Waals surface area (Å²) in [5.74, 6) is 0.294. The molecule has 1 fully saturated rings. The van der Waals surface area contributed by atoms with Crippen LogP contribution in [0, 0.1) is 0 Å². The number of carbonyl (C=O) groups is 1. The number of Topliss-reactive ketones (excluding diaryl/α,β-unsaturated/α-hetero) is 1. The van der Waals surface area contributed by atoms with Crippen molar-refractivity contribution in [3.63, 3.8) is 0 Å². The van der Waals surface area contributed by atoms with Gasteiger partial charge in [0, 0.05) is 23.5 Å². The van der Waals surface area contributed by atoms with Gasteiger partial charge in [-0.1, -0.05) is 41.0 Å². The summed E-state index contributed by atoms with van der Waals surface area (Å²) in [6.45, 7) is 0. The van der Waals surface area contributed by atoms with E-state index in [0.717, 1.165) is 11.1 Å². The standard InChI is InChI=1S/C13H13N3O/c14-16-15-13(10-4-2-1-3-5-10)11-6-8-12(17)9-7-11/h1-5H,6-9H2. The minimum Gasteiger partial charge on any atom is -0.300 e. The van der Waals surface area contributed by atoms with Crippen molar-refractivity contribution in [1.29, 1.82) is 0 Å². The summed E-state index contributed by atoms with van der Waals surface area (Å²) in [6, 6.07) is 9.60. The van der Waals surface area contributed by atoms with E-state index in [1.54, 1.807) is 0 Å². The zero-order valence-electron chi connectivity index (χ0n) is 9.47. The second-order valence-corrected chi connectivity index (χ2v) is 4.05. The number of benzene rings is 1. The molecular weight excluding hydrogens is 214 g/mol. The Bertz CT molecular complexity index is 487. The molecule has 0 heterocycles. The second kappa shape index (κ2) is 5.32. The quantitative estimate of drug-likeness (QED) is 0.430. The number of rotatable bonds is 2. The number of ketones is 1. The topological polar surface area (TPSA) is 65.8 Å². The molecule has 4 heteroatoms. The van der Waals surface area contributed by atoms with E-state index in [-0.39, 0.29) is 0 Å². The van der Waals surface area contributed by atoms with Crippen molar-refractivity contribution in [1.82, 2.24) is 0 Å². The molecule has 0 aliphatic heterocycles. The van der Waals surface area contributed by atoms with Gasteiger partial charge in [-0.3, -0.25) is 4.79 Å². The van der Waals surface area contributed by atoms with Crippen LogP contribution in [0.15, 0.2) is 41.0 Å². The van der Waals surface area contributed by atoms with Gasteiger partial charge in [-0.15, -0.1) is 0 Å². The van der Waals surface area contributed by atoms with E-state index in [9.17, 15) is 4.79 Å². The van der Waals surface area contributed by atoms with E-state index in [1.807, 2.05) is 30.3 Å². The molecule has 0 N–H and O–H groups in total. The number of carbonyl (C=O) groups excluding carboxylic acids is 1. The van der Waals surface area contributed by atoms with E-state index in [4.69, 9.17) is 5.53 Å². The van der Waals surface area contributed by atoms with Gasteiger partial charge in [-0.05, 0) is 23.9 Å². The van der Waals surface area contributed by atoms with Gasteiger partial charge in [0.15, 0.2) is 0 Å². The van der Waals surface area contributed by atoms with Crippen molar-refractivity contribution in [3.8, 4) is 0 Å². The fraction of sp³-hybridized carbons (Fsp3) is 0.308. The highest BCUT2D eigenvalue weighted by atomic mass is 16.1. The number of azide groups is 1. The zero-order valence-corrected chi connectivity index (χ0v) is 9.47. The lowest BCUT2D eigenvalue weighted by atomic mass is 9.91. The predicted molar refractivity (Wildman–Crippen MR) is 66.0 cm³/mol. The Kier molecular flexibility index (Phi) is 3.58. The van der Waals surface area contributed by atoms with E-state index in [0.29, 0.717) is 37.2 Å². The first-order chi connectivity index (χ1) is 8.31. The molecular formula is C13H13N3O. The SMILES string of the molecule is [N-]=[N+]=NC(=C1CCC(=O)CC1)c1ccccc1. The average Bonchev–Trinajstić information content (AvgIpc) is 2.38. The molecule has 0 spiro atoms. The van der Waals surface area contributed by atoms with Gasteiger partial charge < -0.3 is 0 Å². The summed E-state index contributed by atoms with van der Waals surface area (Å²) in [7, 11) is 0. The van der Waals surface area contributed by atoms with E-state index >= 15 is 0 Å². The Balaban J connectivity index is 2.38. The van der Waals surface area contributed by atoms with Crippen LogP contribution in [0.1, 0.15) is 31.2 Å². The Morgan fingerprint density at radius 1 is 1.12 bits per heavy atom. The lowest BCUT2D eigenvalue weighted by Gasteiger charge is -2.16. The number of allylic oxidation sites excluding steroid dienone is 1. The molecule has 0 amide bonds. The summed E-state index contributed by atoms with van der Waals surface area (Å²) >= 11 is 0. The minimum atomic E-state index is 0.294. The fourth-order valence-corrected chi connectivity index (χ4v) is 2.04. The van der Waals surface area contributed by atoms with Gasteiger partial charge in [0.05, 0.1) is 0 Å². The summed E-state index contributed by atoms with van der Waals surface area (Å²) in [6.07, 6.45) is 2.55. The Labute approximate surface area is 99.6 Å². The van der Waals surface area contributed by atoms with Gasteiger partial charge in [-0.2, -0.15) is 0 Å². The molecule has 0 bridgehead atoms. The van der Waals surface area contributed by atoms with Crippen LogP contribution in [0.2, 0.25) is 0 Å². The fourth-order valence-electron chi connectivity index (χ4n) is 2.04. The average molecular weight is 227 g/mol. The number of hydrogen-bond acceptors (Lipinski definition) is 2. The van der Waals surface area contributed by atoms with Crippen LogP contribution in [-0.4, -0.2) is 5.78 Å². The van der Waals surface area contributed by atoms with Gasteiger partial charge in [-0.25, -0.2) is 0 Å². The highest BCUT2D eigenvalue weighted by molar-refractivity contribution is 5.81. The van der Waals surface area contributed by atoms with Crippen molar-refractivity contribution >= 4 is 11.5 Å².